The van der Waals surface area contributed by atoms with Crippen LogP contribution in [0.1, 0.15) is 36.9 Å². The van der Waals surface area contributed by atoms with Crippen molar-refractivity contribution in [2.24, 2.45) is 17.2 Å². The number of carbonyl (C=O) groups is 6. The molecule has 0 spiro atoms. The topological polar surface area (TPSA) is 286 Å². The third-order valence-electron chi connectivity index (χ3n) is 5.95. The number of primary amides is 2. The number of carboxylic acid groups (broad SMARTS) is 1. The molecule has 1 aromatic heterocycles. The summed E-state index contributed by atoms with van der Waals surface area (Å²) in [6.45, 7) is 0. The fraction of sp³-hybridized carbons (Fsp3) is 0.400. The lowest BCUT2D eigenvalue weighted by Gasteiger charge is -2.25. The zero-order valence-electron chi connectivity index (χ0n) is 22.0. The number of hydrogen-bond acceptors (Lipinski definition) is 9. The second-order valence-corrected chi connectivity index (χ2v) is 9.29. The van der Waals surface area contributed by atoms with Gasteiger partial charge >= 0.3 is 5.97 Å². The van der Waals surface area contributed by atoms with E-state index in [4.69, 9.17) is 17.2 Å². The minimum absolute atomic E-state index is 0.0150. The largest absolute Gasteiger partial charge is 0.508 e. The van der Waals surface area contributed by atoms with Crippen LogP contribution < -0.4 is 33.2 Å². The van der Waals surface area contributed by atoms with E-state index in [0.717, 1.165) is 0 Å². The van der Waals surface area contributed by atoms with E-state index in [0.29, 0.717) is 11.3 Å². The number of amides is 5. The van der Waals surface area contributed by atoms with E-state index in [2.05, 4.69) is 25.9 Å². The van der Waals surface area contributed by atoms with Crippen LogP contribution in [0.15, 0.2) is 36.8 Å². The monoisotopic (exact) mass is 574 g/mol. The van der Waals surface area contributed by atoms with Crippen molar-refractivity contribution >= 4 is 35.5 Å². The van der Waals surface area contributed by atoms with Gasteiger partial charge in [-0.25, -0.2) is 9.78 Å². The maximum absolute atomic E-state index is 13.2. The molecule has 2 aromatic rings. The molecule has 1 heterocycles. The molecule has 222 valence electrons. The SMILES string of the molecule is NC(=O)CCC(N)C(=O)NC(CCC(N)=O)C(=O)NC(Cc1cnc[nH]1)C(=O)NC(Cc1ccc(O)cc1)C(=O)O. The molecule has 5 amide bonds. The number of H-pyrrole nitrogens is 1. The molecule has 0 radical (unpaired) electrons. The van der Waals surface area contributed by atoms with Crippen LogP contribution in [-0.4, -0.2) is 79.9 Å². The average molecular weight is 575 g/mol. The van der Waals surface area contributed by atoms with Crippen LogP contribution in [0.3, 0.4) is 0 Å². The smallest absolute Gasteiger partial charge is 0.326 e. The fourth-order valence-corrected chi connectivity index (χ4v) is 3.70. The number of nitrogens with two attached hydrogens (primary N) is 3. The van der Waals surface area contributed by atoms with E-state index in [1.54, 1.807) is 0 Å². The summed E-state index contributed by atoms with van der Waals surface area (Å²) in [7, 11) is 0. The number of imidazole rings is 1. The van der Waals surface area contributed by atoms with E-state index >= 15 is 0 Å². The second kappa shape index (κ2) is 15.6. The van der Waals surface area contributed by atoms with E-state index in [9.17, 15) is 39.0 Å². The van der Waals surface area contributed by atoms with Crippen LogP contribution in [-0.2, 0) is 41.6 Å². The molecule has 0 saturated heterocycles. The summed E-state index contributed by atoms with van der Waals surface area (Å²) < 4.78 is 0. The summed E-state index contributed by atoms with van der Waals surface area (Å²) >= 11 is 0. The number of nitrogens with zero attached hydrogens (tertiary/aromatic N) is 1. The van der Waals surface area contributed by atoms with Crippen LogP contribution in [0.2, 0.25) is 0 Å². The van der Waals surface area contributed by atoms with Gasteiger partial charge in [-0.2, -0.15) is 0 Å². The van der Waals surface area contributed by atoms with Gasteiger partial charge in [-0.3, -0.25) is 24.0 Å². The van der Waals surface area contributed by atoms with Crippen molar-refractivity contribution in [1.82, 2.24) is 25.9 Å². The Labute approximate surface area is 234 Å². The summed E-state index contributed by atoms with van der Waals surface area (Å²) in [5.41, 5.74) is 17.0. The normalized spacial score (nSPS) is 13.7. The van der Waals surface area contributed by atoms with Gasteiger partial charge in [0.25, 0.3) is 0 Å². The highest BCUT2D eigenvalue weighted by Gasteiger charge is 2.31. The van der Waals surface area contributed by atoms with Crippen molar-refractivity contribution in [3.8, 4) is 5.75 Å². The first-order valence-electron chi connectivity index (χ1n) is 12.6. The third-order valence-corrected chi connectivity index (χ3v) is 5.95. The minimum Gasteiger partial charge on any atom is -0.508 e. The van der Waals surface area contributed by atoms with Crippen LogP contribution in [0.5, 0.6) is 5.75 Å². The van der Waals surface area contributed by atoms with Crippen molar-refractivity contribution in [3.63, 3.8) is 0 Å². The van der Waals surface area contributed by atoms with Crippen LogP contribution in [0.25, 0.3) is 0 Å². The lowest BCUT2D eigenvalue weighted by Crippen LogP contribution is -2.58. The molecular formula is C25H34N8O8. The quantitative estimate of drug-likeness (QED) is 0.0941. The Hall–Kier alpha value is -4.99. The second-order valence-electron chi connectivity index (χ2n) is 9.29. The van der Waals surface area contributed by atoms with Gasteiger partial charge in [0, 0.05) is 37.6 Å². The van der Waals surface area contributed by atoms with Crippen molar-refractivity contribution in [2.45, 2.75) is 62.7 Å². The summed E-state index contributed by atoms with van der Waals surface area (Å²) in [6, 6.07) is 0.492. The molecule has 16 nitrogen and oxygen atoms in total. The Morgan fingerprint density at radius 3 is 1.93 bits per heavy atom. The molecule has 0 aliphatic carbocycles. The fourth-order valence-electron chi connectivity index (χ4n) is 3.70. The average Bonchev–Trinajstić information content (AvgIpc) is 3.42. The highest BCUT2D eigenvalue weighted by molar-refractivity contribution is 5.94. The molecule has 2 rings (SSSR count). The Bertz CT molecular complexity index is 1220. The predicted octanol–water partition coefficient (Wildman–Crippen LogP) is -2.70. The molecule has 0 bridgehead atoms. The Balaban J connectivity index is 2.21. The lowest BCUT2D eigenvalue weighted by molar-refractivity contribution is -0.142. The molecule has 16 heteroatoms. The molecule has 0 aliphatic heterocycles. The number of carbonyl (C=O) groups excluding carboxylic acids is 5. The summed E-state index contributed by atoms with van der Waals surface area (Å²) in [4.78, 5) is 80.0. The molecule has 0 fully saturated rings. The van der Waals surface area contributed by atoms with E-state index < -0.39 is 59.7 Å². The standard InChI is InChI=1S/C25H34N8O8/c26-16(5-7-20(27)35)22(37)31-17(6-8-21(28)36)23(38)32-18(10-14-11-29-12-30-14)24(39)33-19(25(40)41)9-13-1-3-15(34)4-2-13/h1-4,11-12,16-19,34H,5-10,26H2,(H2,27,35)(H2,28,36)(H,29,30)(H,31,37)(H,32,38)(H,33,39)(H,40,41). The first kappa shape index (κ1) is 32.2. The first-order valence-corrected chi connectivity index (χ1v) is 12.6. The molecule has 4 unspecified atom stereocenters. The molecule has 1 aromatic carbocycles. The van der Waals surface area contributed by atoms with Crippen molar-refractivity contribution in [3.05, 3.63) is 48.0 Å². The number of hydrogen-bond donors (Lipinski definition) is 9. The maximum Gasteiger partial charge on any atom is 0.326 e. The van der Waals surface area contributed by atoms with Gasteiger partial charge in [-0.05, 0) is 30.5 Å². The van der Waals surface area contributed by atoms with Gasteiger partial charge in [0.1, 0.15) is 23.9 Å². The summed E-state index contributed by atoms with van der Waals surface area (Å²) in [6.07, 6.45) is 1.72. The number of aromatic amines is 1. The predicted molar refractivity (Wildman–Crippen MR) is 142 cm³/mol. The van der Waals surface area contributed by atoms with E-state index in [1.165, 1.54) is 36.8 Å². The number of aromatic nitrogens is 2. The van der Waals surface area contributed by atoms with Crippen LogP contribution in [0, 0.1) is 0 Å². The first-order chi connectivity index (χ1) is 19.3. The molecular weight excluding hydrogens is 540 g/mol. The number of rotatable bonds is 17. The van der Waals surface area contributed by atoms with Gasteiger partial charge in [0.15, 0.2) is 0 Å². The van der Waals surface area contributed by atoms with Crippen LogP contribution in [0.4, 0.5) is 0 Å². The van der Waals surface area contributed by atoms with Crippen LogP contribution >= 0.6 is 0 Å². The highest BCUT2D eigenvalue weighted by atomic mass is 16.4. The Morgan fingerprint density at radius 2 is 1.37 bits per heavy atom. The zero-order chi connectivity index (χ0) is 30.5. The number of aliphatic carboxylic acids is 1. The molecule has 12 N–H and O–H groups in total. The number of benzene rings is 1. The molecule has 4 atom stereocenters. The highest BCUT2D eigenvalue weighted by Crippen LogP contribution is 2.12. The molecule has 41 heavy (non-hydrogen) atoms. The summed E-state index contributed by atoms with van der Waals surface area (Å²) in [5, 5.41) is 26.4. The minimum atomic E-state index is -1.39. The number of aromatic hydroxyl groups is 1. The van der Waals surface area contributed by atoms with Crippen molar-refractivity contribution in [1.29, 1.82) is 0 Å². The Kier molecular flexibility index (Phi) is 12.2. The Morgan fingerprint density at radius 1 is 0.805 bits per heavy atom. The van der Waals surface area contributed by atoms with Crippen molar-refractivity contribution in [2.75, 3.05) is 0 Å². The maximum atomic E-state index is 13.2. The number of phenolic OH excluding ortho intramolecular Hbond substituents is 1. The van der Waals surface area contributed by atoms with E-state index in [1.807, 2.05) is 0 Å². The number of phenols is 1. The number of nitrogens with one attached hydrogen (secondary N) is 4. The van der Waals surface area contributed by atoms with Crippen molar-refractivity contribution < 1.29 is 39.0 Å². The van der Waals surface area contributed by atoms with Gasteiger partial charge in [0.2, 0.25) is 29.5 Å². The van der Waals surface area contributed by atoms with Gasteiger partial charge in [-0.15, -0.1) is 0 Å². The van der Waals surface area contributed by atoms with Gasteiger partial charge < -0.3 is 48.3 Å². The van der Waals surface area contributed by atoms with Gasteiger partial charge in [-0.1, -0.05) is 12.1 Å². The third kappa shape index (κ3) is 11.3. The zero-order valence-corrected chi connectivity index (χ0v) is 22.0. The summed E-state index contributed by atoms with van der Waals surface area (Å²) in [5.74, 6) is -5.29. The lowest BCUT2D eigenvalue weighted by atomic mass is 10.0. The molecule has 0 aliphatic rings. The van der Waals surface area contributed by atoms with E-state index in [-0.39, 0.29) is 44.3 Å². The number of carboxylic acids is 1. The van der Waals surface area contributed by atoms with Gasteiger partial charge in [0.05, 0.1) is 12.4 Å². The molecule has 0 saturated carbocycles.